The molecule has 0 saturated carbocycles. The number of carbonyl (C=O) groups excluding carboxylic acids is 1. The summed E-state index contributed by atoms with van der Waals surface area (Å²) < 4.78 is 0. The molecule has 1 amide bonds. The third-order valence-corrected chi connectivity index (χ3v) is 4.09. The van der Waals surface area contributed by atoms with E-state index in [0.29, 0.717) is 5.92 Å². The van der Waals surface area contributed by atoms with Crippen LogP contribution in [0, 0.1) is 5.92 Å². The smallest absolute Gasteiger partial charge is 0.246 e. The Kier molecular flexibility index (Phi) is 7.13. The highest BCUT2D eigenvalue weighted by Crippen LogP contribution is 2.17. The van der Waals surface area contributed by atoms with Crippen molar-refractivity contribution in [3.63, 3.8) is 0 Å². The van der Waals surface area contributed by atoms with Crippen LogP contribution in [0.3, 0.4) is 0 Å². The Morgan fingerprint density at radius 2 is 2.47 bits per heavy atom. The van der Waals surface area contributed by atoms with Crippen LogP contribution in [-0.4, -0.2) is 37.5 Å². The van der Waals surface area contributed by atoms with E-state index in [9.17, 15) is 4.79 Å². The number of hydrogen-bond donors (Lipinski definition) is 1. The number of piperidine rings is 1. The number of carbonyl (C=O) groups is 1. The van der Waals surface area contributed by atoms with Crippen molar-refractivity contribution < 1.29 is 4.79 Å². The Bertz CT molecular complexity index is 404. The Labute approximate surface area is 125 Å². The van der Waals surface area contributed by atoms with Crippen molar-refractivity contribution in [1.29, 1.82) is 0 Å². The van der Waals surface area contributed by atoms with Gasteiger partial charge < -0.3 is 10.2 Å². The summed E-state index contributed by atoms with van der Waals surface area (Å²) in [5.74, 6) is 0.743. The standard InChI is InChI=1S/C14H20N2OS.ClH/c1-15-10-12-4-2-8-16(11-12)14(17)7-6-13-5-3-9-18-13;/h3,5-7,9,12,15H,2,4,8,10-11H2,1H3;1H. The first-order chi connectivity index (χ1) is 8.79. The van der Waals surface area contributed by atoms with E-state index < -0.39 is 0 Å². The predicted molar refractivity (Wildman–Crippen MR) is 83.8 cm³/mol. The highest BCUT2D eigenvalue weighted by Gasteiger charge is 2.21. The predicted octanol–water partition coefficient (Wildman–Crippen LogP) is 2.64. The van der Waals surface area contributed by atoms with Crippen molar-refractivity contribution in [2.24, 2.45) is 5.92 Å². The molecule has 1 aliphatic heterocycles. The lowest BCUT2D eigenvalue weighted by Crippen LogP contribution is -2.41. The molecule has 0 spiro atoms. The average Bonchev–Trinajstić information content (AvgIpc) is 2.90. The van der Waals surface area contributed by atoms with Crippen molar-refractivity contribution in [3.8, 4) is 0 Å². The van der Waals surface area contributed by atoms with E-state index in [0.717, 1.165) is 30.9 Å². The lowest BCUT2D eigenvalue weighted by Gasteiger charge is -2.32. The minimum atomic E-state index is 0. The number of amides is 1. The summed E-state index contributed by atoms with van der Waals surface area (Å²) in [6, 6.07) is 4.02. The van der Waals surface area contributed by atoms with Gasteiger partial charge in [-0.15, -0.1) is 23.7 Å². The Balaban J connectivity index is 0.00000180. The van der Waals surface area contributed by atoms with Crippen molar-refractivity contribution in [1.82, 2.24) is 10.2 Å². The van der Waals surface area contributed by atoms with E-state index in [1.54, 1.807) is 17.4 Å². The first-order valence-corrected chi connectivity index (χ1v) is 7.32. The molecule has 0 aromatic carbocycles. The fraction of sp³-hybridized carbons (Fsp3) is 0.500. The van der Waals surface area contributed by atoms with Gasteiger partial charge in [-0.25, -0.2) is 0 Å². The van der Waals surface area contributed by atoms with Gasteiger partial charge in [-0.2, -0.15) is 0 Å². The molecule has 5 heteroatoms. The van der Waals surface area contributed by atoms with Gasteiger partial charge in [-0.1, -0.05) is 6.07 Å². The molecule has 1 fully saturated rings. The third-order valence-electron chi connectivity index (χ3n) is 3.26. The van der Waals surface area contributed by atoms with E-state index in [-0.39, 0.29) is 18.3 Å². The van der Waals surface area contributed by atoms with Crippen LogP contribution in [0.25, 0.3) is 6.08 Å². The van der Waals surface area contributed by atoms with Gasteiger partial charge in [0.15, 0.2) is 0 Å². The molecule has 0 radical (unpaired) electrons. The van der Waals surface area contributed by atoms with E-state index in [1.165, 1.54) is 6.42 Å². The Morgan fingerprint density at radius 1 is 1.63 bits per heavy atom. The molecule has 2 heterocycles. The molecule has 1 saturated heterocycles. The first kappa shape index (κ1) is 16.2. The van der Waals surface area contributed by atoms with Gasteiger partial charge in [0.25, 0.3) is 0 Å². The summed E-state index contributed by atoms with van der Waals surface area (Å²) in [4.78, 5) is 15.2. The van der Waals surface area contributed by atoms with E-state index in [2.05, 4.69) is 5.32 Å². The molecule has 0 bridgehead atoms. The minimum absolute atomic E-state index is 0. The normalized spacial score (nSPS) is 19.4. The van der Waals surface area contributed by atoms with Crippen LogP contribution in [-0.2, 0) is 4.79 Å². The molecule has 3 nitrogen and oxygen atoms in total. The van der Waals surface area contributed by atoms with Crippen LogP contribution in [0.5, 0.6) is 0 Å². The van der Waals surface area contributed by atoms with Gasteiger partial charge >= 0.3 is 0 Å². The second-order valence-corrected chi connectivity index (χ2v) is 5.68. The van der Waals surface area contributed by atoms with E-state index in [4.69, 9.17) is 0 Å². The molecule has 0 aliphatic carbocycles. The maximum absolute atomic E-state index is 12.1. The van der Waals surface area contributed by atoms with Crippen LogP contribution in [0.2, 0.25) is 0 Å². The number of likely N-dealkylation sites (tertiary alicyclic amines) is 1. The third kappa shape index (κ3) is 4.97. The van der Waals surface area contributed by atoms with Crippen LogP contribution < -0.4 is 5.32 Å². The van der Waals surface area contributed by atoms with Crippen molar-refractivity contribution in [2.45, 2.75) is 12.8 Å². The second-order valence-electron chi connectivity index (χ2n) is 4.70. The SMILES string of the molecule is CNCC1CCCN(C(=O)C=Cc2cccs2)C1.Cl. The van der Waals surface area contributed by atoms with Gasteiger partial charge in [0.2, 0.25) is 5.91 Å². The van der Waals surface area contributed by atoms with Crippen molar-refractivity contribution >= 4 is 35.7 Å². The van der Waals surface area contributed by atoms with Gasteiger partial charge in [0.1, 0.15) is 0 Å². The number of hydrogen-bond acceptors (Lipinski definition) is 3. The summed E-state index contributed by atoms with van der Waals surface area (Å²) in [5, 5.41) is 5.22. The Morgan fingerprint density at radius 3 is 3.16 bits per heavy atom. The summed E-state index contributed by atoms with van der Waals surface area (Å²) in [6.45, 7) is 2.78. The van der Waals surface area contributed by atoms with E-state index >= 15 is 0 Å². The molecule has 1 unspecified atom stereocenters. The zero-order valence-electron chi connectivity index (χ0n) is 11.2. The zero-order chi connectivity index (χ0) is 12.8. The number of thiophene rings is 1. The molecule has 1 atom stereocenters. The van der Waals surface area contributed by atoms with Gasteiger partial charge in [0.05, 0.1) is 0 Å². The summed E-state index contributed by atoms with van der Waals surface area (Å²) >= 11 is 1.65. The quantitative estimate of drug-likeness (QED) is 0.867. The first-order valence-electron chi connectivity index (χ1n) is 6.44. The van der Waals surface area contributed by atoms with Gasteiger partial charge in [-0.3, -0.25) is 4.79 Å². The number of nitrogens with zero attached hydrogens (tertiary/aromatic N) is 1. The Hall–Kier alpha value is -0.840. The molecule has 106 valence electrons. The number of nitrogens with one attached hydrogen (secondary N) is 1. The van der Waals surface area contributed by atoms with Crippen LogP contribution in [0.4, 0.5) is 0 Å². The number of halogens is 1. The second kappa shape index (κ2) is 8.35. The van der Waals surface area contributed by atoms with Crippen LogP contribution in [0.1, 0.15) is 17.7 Å². The monoisotopic (exact) mass is 300 g/mol. The molecule has 1 N–H and O–H groups in total. The van der Waals surface area contributed by atoms with Gasteiger partial charge in [0, 0.05) is 24.0 Å². The lowest BCUT2D eigenvalue weighted by atomic mass is 9.98. The maximum Gasteiger partial charge on any atom is 0.246 e. The molecule has 19 heavy (non-hydrogen) atoms. The van der Waals surface area contributed by atoms with Crippen molar-refractivity contribution in [3.05, 3.63) is 28.5 Å². The average molecular weight is 301 g/mol. The minimum Gasteiger partial charge on any atom is -0.339 e. The van der Waals surface area contributed by atoms with Gasteiger partial charge in [-0.05, 0) is 49.9 Å². The lowest BCUT2D eigenvalue weighted by molar-refractivity contribution is -0.127. The molecular formula is C14H21ClN2OS. The fourth-order valence-electron chi connectivity index (χ4n) is 2.37. The molecular weight excluding hydrogens is 280 g/mol. The topological polar surface area (TPSA) is 32.3 Å². The fourth-order valence-corrected chi connectivity index (χ4v) is 2.98. The highest BCUT2D eigenvalue weighted by molar-refractivity contribution is 7.10. The van der Waals surface area contributed by atoms with Crippen LogP contribution in [0.15, 0.2) is 23.6 Å². The summed E-state index contributed by atoms with van der Waals surface area (Å²) in [5.41, 5.74) is 0. The zero-order valence-corrected chi connectivity index (χ0v) is 12.8. The largest absolute Gasteiger partial charge is 0.339 e. The number of rotatable bonds is 4. The van der Waals surface area contributed by atoms with Crippen molar-refractivity contribution in [2.75, 3.05) is 26.7 Å². The molecule has 1 aromatic rings. The van der Waals surface area contributed by atoms with E-state index in [1.807, 2.05) is 35.5 Å². The molecule has 1 aromatic heterocycles. The van der Waals surface area contributed by atoms with Crippen LogP contribution >= 0.6 is 23.7 Å². The highest BCUT2D eigenvalue weighted by atomic mass is 35.5. The summed E-state index contributed by atoms with van der Waals surface area (Å²) in [7, 11) is 1.97. The molecule has 1 aliphatic rings. The molecule has 2 rings (SSSR count). The maximum atomic E-state index is 12.1. The summed E-state index contributed by atoms with van der Waals surface area (Å²) in [6.07, 6.45) is 5.95.